The lowest BCUT2D eigenvalue weighted by atomic mass is 10.1. The zero-order chi connectivity index (χ0) is 15.3. The van der Waals surface area contributed by atoms with Gasteiger partial charge in [0.05, 0.1) is 19.0 Å². The predicted octanol–water partition coefficient (Wildman–Crippen LogP) is 1.05. The Morgan fingerprint density at radius 1 is 1.24 bits per heavy atom. The number of hydrogen-bond acceptors (Lipinski definition) is 5. The summed E-state index contributed by atoms with van der Waals surface area (Å²) in [4.78, 5) is 0. The molecule has 1 aliphatic heterocycles. The standard InChI is InChI=1S/C14H22N2O4S/c1-11(16-6-9-21(17,18)15-2)12-4-5-13-14(10-12)20-8-3-7-19-13/h4-5,10-11,15-16H,3,6-9H2,1-2H3. The van der Waals surface area contributed by atoms with Crippen LogP contribution in [0, 0.1) is 0 Å². The highest BCUT2D eigenvalue weighted by molar-refractivity contribution is 7.89. The number of benzene rings is 1. The van der Waals surface area contributed by atoms with Crippen molar-refractivity contribution < 1.29 is 17.9 Å². The Labute approximate surface area is 125 Å². The molecule has 0 saturated heterocycles. The Balaban J connectivity index is 1.96. The van der Waals surface area contributed by atoms with Gasteiger partial charge in [0.15, 0.2) is 11.5 Å². The van der Waals surface area contributed by atoms with Gasteiger partial charge in [0.2, 0.25) is 10.0 Å². The van der Waals surface area contributed by atoms with Gasteiger partial charge in [-0.3, -0.25) is 0 Å². The molecule has 2 rings (SSSR count). The fourth-order valence-electron chi connectivity index (χ4n) is 2.08. The lowest BCUT2D eigenvalue weighted by Gasteiger charge is -2.16. The molecule has 1 unspecified atom stereocenters. The number of nitrogens with one attached hydrogen (secondary N) is 2. The van der Waals surface area contributed by atoms with Crippen LogP contribution in [0.5, 0.6) is 11.5 Å². The molecule has 118 valence electrons. The first-order valence-electron chi connectivity index (χ1n) is 7.06. The number of sulfonamides is 1. The van der Waals surface area contributed by atoms with E-state index in [4.69, 9.17) is 9.47 Å². The Hall–Kier alpha value is -1.31. The van der Waals surface area contributed by atoms with Crippen LogP contribution in [0.4, 0.5) is 0 Å². The van der Waals surface area contributed by atoms with E-state index in [1.807, 2.05) is 25.1 Å². The van der Waals surface area contributed by atoms with Gasteiger partial charge in [-0.15, -0.1) is 0 Å². The lowest BCUT2D eigenvalue weighted by molar-refractivity contribution is 0.297. The zero-order valence-electron chi connectivity index (χ0n) is 12.4. The third-order valence-electron chi connectivity index (χ3n) is 3.40. The zero-order valence-corrected chi connectivity index (χ0v) is 13.2. The van der Waals surface area contributed by atoms with Crippen LogP contribution in [0.25, 0.3) is 0 Å². The Morgan fingerprint density at radius 2 is 1.95 bits per heavy atom. The van der Waals surface area contributed by atoms with Gasteiger partial charge in [-0.05, 0) is 31.7 Å². The quantitative estimate of drug-likeness (QED) is 0.821. The predicted molar refractivity (Wildman–Crippen MR) is 81.3 cm³/mol. The summed E-state index contributed by atoms with van der Waals surface area (Å²) in [5.41, 5.74) is 1.04. The summed E-state index contributed by atoms with van der Waals surface area (Å²) in [5, 5.41) is 3.20. The summed E-state index contributed by atoms with van der Waals surface area (Å²) in [6.07, 6.45) is 0.875. The maximum absolute atomic E-state index is 11.4. The summed E-state index contributed by atoms with van der Waals surface area (Å²) < 4.78 is 36.3. The van der Waals surface area contributed by atoms with E-state index in [0.717, 1.165) is 23.5 Å². The first-order chi connectivity index (χ1) is 10.0. The molecule has 1 aromatic carbocycles. The Morgan fingerprint density at radius 3 is 2.67 bits per heavy atom. The van der Waals surface area contributed by atoms with E-state index in [-0.39, 0.29) is 11.8 Å². The van der Waals surface area contributed by atoms with E-state index in [9.17, 15) is 8.42 Å². The topological polar surface area (TPSA) is 76.7 Å². The maximum Gasteiger partial charge on any atom is 0.212 e. The average molecular weight is 314 g/mol. The van der Waals surface area contributed by atoms with Crippen LogP contribution in [0.15, 0.2) is 18.2 Å². The third kappa shape index (κ3) is 4.59. The minimum atomic E-state index is -3.17. The molecule has 0 amide bonds. The summed E-state index contributed by atoms with van der Waals surface area (Å²) in [7, 11) is -1.75. The van der Waals surface area contributed by atoms with Crippen LogP contribution in [0.2, 0.25) is 0 Å². The molecule has 21 heavy (non-hydrogen) atoms. The molecule has 6 nitrogen and oxygen atoms in total. The molecule has 0 radical (unpaired) electrons. The van der Waals surface area contributed by atoms with Crippen molar-refractivity contribution in [3.05, 3.63) is 23.8 Å². The highest BCUT2D eigenvalue weighted by Crippen LogP contribution is 2.32. The molecule has 0 aliphatic carbocycles. The summed E-state index contributed by atoms with van der Waals surface area (Å²) in [6.45, 7) is 3.70. The summed E-state index contributed by atoms with van der Waals surface area (Å²) in [6, 6.07) is 5.86. The van der Waals surface area contributed by atoms with Crippen molar-refractivity contribution in [1.29, 1.82) is 0 Å². The van der Waals surface area contributed by atoms with Gasteiger partial charge in [0, 0.05) is 19.0 Å². The Kier molecular flexibility index (Phi) is 5.44. The number of fused-ring (bicyclic) bond motifs is 1. The second kappa shape index (κ2) is 7.11. The molecule has 0 aromatic heterocycles. The molecular weight excluding hydrogens is 292 g/mol. The maximum atomic E-state index is 11.4. The molecule has 0 spiro atoms. The van der Waals surface area contributed by atoms with Gasteiger partial charge in [-0.25, -0.2) is 13.1 Å². The second-order valence-corrected chi connectivity index (χ2v) is 7.00. The van der Waals surface area contributed by atoms with Gasteiger partial charge in [0.1, 0.15) is 0 Å². The van der Waals surface area contributed by atoms with E-state index in [1.54, 1.807) is 0 Å². The van der Waals surface area contributed by atoms with Gasteiger partial charge in [0.25, 0.3) is 0 Å². The Bertz CT molecular complexity index is 574. The van der Waals surface area contributed by atoms with E-state index in [1.165, 1.54) is 7.05 Å². The number of hydrogen-bond donors (Lipinski definition) is 2. The van der Waals surface area contributed by atoms with Crippen molar-refractivity contribution in [3.8, 4) is 11.5 Å². The van der Waals surface area contributed by atoms with Gasteiger partial charge in [-0.2, -0.15) is 0 Å². The fourth-order valence-corrected chi connectivity index (χ4v) is 2.67. The van der Waals surface area contributed by atoms with E-state index in [0.29, 0.717) is 19.8 Å². The largest absolute Gasteiger partial charge is 0.490 e. The van der Waals surface area contributed by atoms with Crippen LogP contribution >= 0.6 is 0 Å². The minimum absolute atomic E-state index is 0.0363. The van der Waals surface area contributed by atoms with Gasteiger partial charge >= 0.3 is 0 Å². The molecule has 1 aliphatic rings. The second-order valence-electron chi connectivity index (χ2n) is 4.96. The molecule has 0 fully saturated rings. The van der Waals surface area contributed by atoms with Crippen LogP contribution in [0.3, 0.4) is 0 Å². The first-order valence-corrected chi connectivity index (χ1v) is 8.71. The first kappa shape index (κ1) is 16.1. The van der Waals surface area contributed by atoms with Crippen molar-refractivity contribution in [3.63, 3.8) is 0 Å². The summed E-state index contributed by atoms with van der Waals surface area (Å²) >= 11 is 0. The molecule has 0 bridgehead atoms. The van der Waals surface area contributed by atoms with Crippen molar-refractivity contribution in [1.82, 2.24) is 10.0 Å². The van der Waals surface area contributed by atoms with Crippen LogP contribution in [-0.2, 0) is 10.0 Å². The van der Waals surface area contributed by atoms with E-state index < -0.39 is 10.0 Å². The minimum Gasteiger partial charge on any atom is -0.490 e. The van der Waals surface area contributed by atoms with Crippen molar-refractivity contribution in [2.24, 2.45) is 0 Å². The lowest BCUT2D eigenvalue weighted by Crippen LogP contribution is -2.30. The average Bonchev–Trinajstić information content (AvgIpc) is 2.71. The molecule has 1 atom stereocenters. The molecule has 0 saturated carbocycles. The molecule has 1 heterocycles. The van der Waals surface area contributed by atoms with Gasteiger partial charge < -0.3 is 14.8 Å². The van der Waals surface area contributed by atoms with E-state index in [2.05, 4.69) is 10.0 Å². The van der Waals surface area contributed by atoms with Crippen LogP contribution in [0.1, 0.15) is 24.9 Å². The smallest absolute Gasteiger partial charge is 0.212 e. The van der Waals surface area contributed by atoms with Crippen LogP contribution in [-0.4, -0.2) is 41.0 Å². The van der Waals surface area contributed by atoms with Crippen molar-refractivity contribution >= 4 is 10.0 Å². The summed E-state index contributed by atoms with van der Waals surface area (Å²) in [5.74, 6) is 1.57. The van der Waals surface area contributed by atoms with E-state index >= 15 is 0 Å². The molecule has 1 aromatic rings. The highest BCUT2D eigenvalue weighted by Gasteiger charge is 2.14. The number of rotatable bonds is 6. The normalized spacial score (nSPS) is 16.3. The SMILES string of the molecule is CNS(=O)(=O)CCNC(C)c1ccc2c(c1)OCCCO2. The third-order valence-corrected chi connectivity index (χ3v) is 4.77. The van der Waals surface area contributed by atoms with Crippen LogP contribution < -0.4 is 19.5 Å². The highest BCUT2D eigenvalue weighted by atomic mass is 32.2. The number of ether oxygens (including phenoxy) is 2. The molecule has 7 heteroatoms. The fraction of sp³-hybridized carbons (Fsp3) is 0.571. The van der Waals surface area contributed by atoms with Crippen molar-refractivity contribution in [2.75, 3.05) is 32.6 Å². The monoisotopic (exact) mass is 314 g/mol. The molecular formula is C14H22N2O4S. The van der Waals surface area contributed by atoms with Crippen molar-refractivity contribution in [2.45, 2.75) is 19.4 Å². The molecule has 2 N–H and O–H groups in total. The van der Waals surface area contributed by atoms with Gasteiger partial charge in [-0.1, -0.05) is 6.07 Å².